The number of H-pyrrole nitrogens is 1. The highest BCUT2D eigenvalue weighted by molar-refractivity contribution is 7.89. The van der Waals surface area contributed by atoms with E-state index in [1.165, 1.54) is 17.5 Å². The second kappa shape index (κ2) is 7.17. The van der Waals surface area contributed by atoms with Crippen molar-refractivity contribution >= 4 is 21.4 Å². The van der Waals surface area contributed by atoms with Crippen LogP contribution < -0.4 is 10.0 Å². The van der Waals surface area contributed by atoms with E-state index in [1.807, 2.05) is 19.2 Å². The van der Waals surface area contributed by atoms with Gasteiger partial charge in [-0.3, -0.25) is 0 Å². The van der Waals surface area contributed by atoms with Gasteiger partial charge in [0.05, 0.1) is 9.90 Å². The lowest BCUT2D eigenvalue weighted by atomic mass is 10.3. The fraction of sp³-hybridized carbons (Fsp3) is 0.462. The summed E-state index contributed by atoms with van der Waals surface area (Å²) in [6.07, 6.45) is 3.83. The smallest absolute Gasteiger partial charge is 0.242 e. The number of hydrogen-bond donors (Lipinski definition) is 3. The van der Waals surface area contributed by atoms with Crippen LogP contribution in [-0.2, 0) is 23.0 Å². The minimum atomic E-state index is -3.46. The van der Waals surface area contributed by atoms with Crippen molar-refractivity contribution in [3.05, 3.63) is 34.5 Å². The number of sulfonamides is 1. The lowest BCUT2D eigenvalue weighted by Crippen LogP contribution is -2.25. The van der Waals surface area contributed by atoms with E-state index >= 15 is 0 Å². The summed E-state index contributed by atoms with van der Waals surface area (Å²) in [5.74, 6) is 0. The molecular formula is C13H20N4O2S2. The van der Waals surface area contributed by atoms with Crippen LogP contribution in [0.25, 0.3) is 0 Å². The zero-order valence-electron chi connectivity index (χ0n) is 12.1. The molecule has 0 atom stereocenters. The van der Waals surface area contributed by atoms with Crippen LogP contribution in [0.4, 0.5) is 0 Å². The van der Waals surface area contributed by atoms with Crippen molar-refractivity contribution in [2.24, 2.45) is 0 Å². The molecule has 0 aliphatic heterocycles. The van der Waals surface area contributed by atoms with Crippen LogP contribution in [0.5, 0.6) is 0 Å². The van der Waals surface area contributed by atoms with Gasteiger partial charge in [0.15, 0.2) is 0 Å². The Morgan fingerprint density at radius 3 is 2.90 bits per heavy atom. The molecule has 0 aromatic carbocycles. The van der Waals surface area contributed by atoms with Crippen LogP contribution in [0.2, 0.25) is 0 Å². The molecule has 0 fully saturated rings. The molecule has 3 N–H and O–H groups in total. The van der Waals surface area contributed by atoms with Crippen LogP contribution in [0.15, 0.2) is 28.7 Å². The Labute approximate surface area is 129 Å². The molecule has 0 spiro atoms. The fourth-order valence-corrected chi connectivity index (χ4v) is 3.41. The first kappa shape index (κ1) is 16.2. The third-order valence-electron chi connectivity index (χ3n) is 2.84. The Balaban J connectivity index is 1.89. The maximum absolute atomic E-state index is 12.1. The molecule has 0 saturated heterocycles. The lowest BCUT2D eigenvalue weighted by Gasteiger charge is -2.05. The van der Waals surface area contributed by atoms with Crippen molar-refractivity contribution in [3.8, 4) is 0 Å². The number of rotatable bonds is 8. The van der Waals surface area contributed by atoms with E-state index in [9.17, 15) is 8.42 Å². The minimum Gasteiger partial charge on any atom is -0.363 e. The van der Waals surface area contributed by atoms with Gasteiger partial charge in [-0.05, 0) is 6.07 Å². The standard InChI is InChI=1S/C13H20N4O2S2/c1-10(2)15-8-11-7-12(9-16-11)21(18,19)17-4-3-13-14-5-6-20-13/h5-7,9-10,15-17H,3-4,8H2,1-2H3. The van der Waals surface area contributed by atoms with E-state index in [0.717, 1.165) is 10.7 Å². The summed E-state index contributed by atoms with van der Waals surface area (Å²) in [6, 6.07) is 2.01. The van der Waals surface area contributed by atoms with Gasteiger partial charge in [0.25, 0.3) is 0 Å². The molecule has 2 aromatic rings. The molecule has 0 aliphatic carbocycles. The monoisotopic (exact) mass is 328 g/mol. The molecule has 0 radical (unpaired) electrons. The van der Waals surface area contributed by atoms with Gasteiger partial charge < -0.3 is 10.3 Å². The highest BCUT2D eigenvalue weighted by Gasteiger charge is 2.15. The van der Waals surface area contributed by atoms with Crippen molar-refractivity contribution in [2.45, 2.75) is 37.8 Å². The molecule has 2 rings (SSSR count). The summed E-state index contributed by atoms with van der Waals surface area (Å²) in [5, 5.41) is 6.04. The quantitative estimate of drug-likeness (QED) is 0.685. The molecule has 0 amide bonds. The van der Waals surface area contributed by atoms with Crippen LogP contribution >= 0.6 is 11.3 Å². The number of aromatic nitrogens is 2. The van der Waals surface area contributed by atoms with Gasteiger partial charge in [-0.15, -0.1) is 11.3 Å². The molecule has 2 aromatic heterocycles. The normalized spacial score (nSPS) is 12.1. The largest absolute Gasteiger partial charge is 0.363 e. The first-order valence-electron chi connectivity index (χ1n) is 6.76. The SMILES string of the molecule is CC(C)NCc1cc(S(=O)(=O)NCCc2nccs2)c[nH]1. The Morgan fingerprint density at radius 1 is 1.43 bits per heavy atom. The molecule has 21 heavy (non-hydrogen) atoms. The molecular weight excluding hydrogens is 308 g/mol. The van der Waals surface area contributed by atoms with Crippen LogP contribution in [0, 0.1) is 0 Å². The van der Waals surface area contributed by atoms with Crippen molar-refractivity contribution < 1.29 is 8.42 Å². The van der Waals surface area contributed by atoms with E-state index in [2.05, 4.69) is 20.0 Å². The third kappa shape index (κ3) is 4.92. The van der Waals surface area contributed by atoms with Crippen LogP contribution in [-0.4, -0.2) is 31.0 Å². The number of aromatic amines is 1. The maximum Gasteiger partial charge on any atom is 0.242 e. The maximum atomic E-state index is 12.1. The van der Waals surface area contributed by atoms with E-state index in [0.29, 0.717) is 25.6 Å². The van der Waals surface area contributed by atoms with Gasteiger partial charge in [0, 0.05) is 49.0 Å². The van der Waals surface area contributed by atoms with Gasteiger partial charge in [0.2, 0.25) is 10.0 Å². The Hall–Kier alpha value is -1.22. The van der Waals surface area contributed by atoms with Crippen molar-refractivity contribution in [2.75, 3.05) is 6.54 Å². The number of nitrogens with one attached hydrogen (secondary N) is 3. The number of hydrogen-bond acceptors (Lipinski definition) is 5. The summed E-state index contributed by atoms with van der Waals surface area (Å²) in [7, 11) is -3.46. The summed E-state index contributed by atoms with van der Waals surface area (Å²) in [6.45, 7) is 5.05. The molecule has 0 bridgehead atoms. The summed E-state index contributed by atoms with van der Waals surface area (Å²) < 4.78 is 26.9. The zero-order chi connectivity index (χ0) is 15.3. The summed E-state index contributed by atoms with van der Waals surface area (Å²) in [4.78, 5) is 7.37. The molecule has 2 heterocycles. The van der Waals surface area contributed by atoms with Crippen molar-refractivity contribution in [1.82, 2.24) is 20.0 Å². The topological polar surface area (TPSA) is 86.9 Å². The van der Waals surface area contributed by atoms with E-state index in [4.69, 9.17) is 0 Å². The van der Waals surface area contributed by atoms with E-state index < -0.39 is 10.0 Å². The van der Waals surface area contributed by atoms with Crippen molar-refractivity contribution in [1.29, 1.82) is 0 Å². The molecule has 0 aliphatic rings. The average Bonchev–Trinajstić information content (AvgIpc) is 3.07. The Kier molecular flexibility index (Phi) is 5.51. The molecule has 0 unspecified atom stereocenters. The zero-order valence-corrected chi connectivity index (χ0v) is 13.7. The van der Waals surface area contributed by atoms with Crippen molar-refractivity contribution in [3.63, 3.8) is 0 Å². The lowest BCUT2D eigenvalue weighted by molar-refractivity contribution is 0.580. The van der Waals surface area contributed by atoms with Crippen LogP contribution in [0.1, 0.15) is 24.5 Å². The van der Waals surface area contributed by atoms with Gasteiger partial charge in [-0.1, -0.05) is 13.8 Å². The molecule has 6 nitrogen and oxygen atoms in total. The summed E-state index contributed by atoms with van der Waals surface area (Å²) >= 11 is 1.52. The Bertz CT molecular complexity index is 648. The van der Waals surface area contributed by atoms with Crippen LogP contribution in [0.3, 0.4) is 0 Å². The van der Waals surface area contributed by atoms with Gasteiger partial charge in [-0.25, -0.2) is 18.1 Å². The van der Waals surface area contributed by atoms with Gasteiger partial charge in [-0.2, -0.15) is 0 Å². The number of thiazole rings is 1. The highest BCUT2D eigenvalue weighted by Crippen LogP contribution is 2.11. The third-order valence-corrected chi connectivity index (χ3v) is 5.12. The van der Waals surface area contributed by atoms with E-state index in [1.54, 1.807) is 12.3 Å². The first-order chi connectivity index (χ1) is 9.97. The highest BCUT2D eigenvalue weighted by atomic mass is 32.2. The van der Waals surface area contributed by atoms with Gasteiger partial charge in [0.1, 0.15) is 0 Å². The number of nitrogens with zero attached hydrogens (tertiary/aromatic N) is 1. The first-order valence-corrected chi connectivity index (χ1v) is 9.12. The minimum absolute atomic E-state index is 0.266. The summed E-state index contributed by atoms with van der Waals surface area (Å²) in [5.41, 5.74) is 0.851. The molecule has 0 saturated carbocycles. The molecule has 8 heteroatoms. The second-order valence-corrected chi connectivity index (χ2v) is 7.72. The predicted molar refractivity (Wildman–Crippen MR) is 83.8 cm³/mol. The predicted octanol–water partition coefficient (Wildman–Crippen LogP) is 1.49. The van der Waals surface area contributed by atoms with E-state index in [-0.39, 0.29) is 4.90 Å². The Morgan fingerprint density at radius 2 is 2.24 bits per heavy atom. The average molecular weight is 328 g/mol. The molecule has 116 valence electrons. The second-order valence-electron chi connectivity index (χ2n) is 4.97. The fourth-order valence-electron chi connectivity index (χ4n) is 1.74. The van der Waals surface area contributed by atoms with Gasteiger partial charge >= 0.3 is 0 Å².